The molecule has 0 saturated carbocycles. The van der Waals surface area contributed by atoms with Crippen LogP contribution >= 0.6 is 0 Å². The van der Waals surface area contributed by atoms with Gasteiger partial charge in [-0.15, -0.1) is 0 Å². The smallest absolute Gasteiger partial charge is 0.338 e. The first-order chi connectivity index (χ1) is 27.2. The van der Waals surface area contributed by atoms with E-state index in [1.165, 1.54) is 7.11 Å². The number of amides is 1. The first-order valence-corrected chi connectivity index (χ1v) is 19.7. The lowest BCUT2D eigenvalue weighted by Gasteiger charge is -2.37. The second-order valence-corrected chi connectivity index (χ2v) is 14.5. The highest BCUT2D eigenvalue weighted by atomic mass is 16.5. The zero-order valence-electron chi connectivity index (χ0n) is 33.5. The molecule has 0 atom stereocenters. The Bertz CT molecular complexity index is 2090. The number of hydrogen-bond acceptors (Lipinski definition) is 7. The molecule has 0 radical (unpaired) electrons. The van der Waals surface area contributed by atoms with Crippen LogP contribution in [0.4, 0.5) is 11.4 Å². The highest BCUT2D eigenvalue weighted by Gasteiger charge is 2.27. The van der Waals surface area contributed by atoms with Crippen molar-refractivity contribution in [3.63, 3.8) is 0 Å². The molecule has 0 aliphatic carbocycles. The standard InChI is InChI=1S/C48H54N2O6/c1-7-49(39-22-24-54-25-23-39)44-28-38(27-42(34(44)5)48(52)53-6)37-20-15-21-40(26-37)50(8-2)47(51)43-29-41(33(3)4)45(55-31-35-16-11-9-12-17-35)30-46(43)56-32-36-18-13-10-14-19-36/h9-21,26-30,33,39H,7-8,22-25,31-32H2,1-6H3. The first-order valence-electron chi connectivity index (χ1n) is 19.7. The third-order valence-electron chi connectivity index (χ3n) is 10.6. The second kappa shape index (κ2) is 18.8. The van der Waals surface area contributed by atoms with E-state index in [2.05, 4.69) is 31.7 Å². The minimum Gasteiger partial charge on any atom is -0.488 e. The van der Waals surface area contributed by atoms with Crippen LogP contribution in [-0.4, -0.2) is 51.3 Å². The zero-order chi connectivity index (χ0) is 39.6. The average Bonchev–Trinajstić information content (AvgIpc) is 3.24. The molecule has 56 heavy (non-hydrogen) atoms. The van der Waals surface area contributed by atoms with Crippen molar-refractivity contribution in [2.45, 2.75) is 72.6 Å². The van der Waals surface area contributed by atoms with Gasteiger partial charge in [0.2, 0.25) is 0 Å². The van der Waals surface area contributed by atoms with Gasteiger partial charge in [-0.3, -0.25) is 4.79 Å². The topological polar surface area (TPSA) is 77.5 Å². The summed E-state index contributed by atoms with van der Waals surface area (Å²) in [4.78, 5) is 32.2. The van der Waals surface area contributed by atoms with Crippen molar-refractivity contribution in [3.05, 3.63) is 143 Å². The predicted octanol–water partition coefficient (Wildman–Crippen LogP) is 10.4. The number of benzene rings is 5. The van der Waals surface area contributed by atoms with E-state index in [1.54, 1.807) is 4.90 Å². The van der Waals surface area contributed by atoms with E-state index in [0.29, 0.717) is 61.6 Å². The molecule has 0 bridgehead atoms. The van der Waals surface area contributed by atoms with Crippen molar-refractivity contribution in [2.24, 2.45) is 0 Å². The molecule has 0 N–H and O–H groups in total. The molecule has 1 aliphatic heterocycles. The lowest BCUT2D eigenvalue weighted by Crippen LogP contribution is -2.40. The Labute approximate surface area is 332 Å². The van der Waals surface area contributed by atoms with E-state index < -0.39 is 0 Å². The van der Waals surface area contributed by atoms with Gasteiger partial charge in [0.25, 0.3) is 5.91 Å². The van der Waals surface area contributed by atoms with Crippen molar-refractivity contribution in [2.75, 3.05) is 43.2 Å². The minimum absolute atomic E-state index is 0.0810. The Morgan fingerprint density at radius 1 is 0.732 bits per heavy atom. The Balaban J connectivity index is 1.39. The van der Waals surface area contributed by atoms with Crippen LogP contribution in [-0.2, 0) is 22.7 Å². The maximum atomic E-state index is 14.8. The van der Waals surface area contributed by atoms with Crippen molar-refractivity contribution < 1.29 is 28.5 Å². The van der Waals surface area contributed by atoms with Crippen LogP contribution in [0.3, 0.4) is 0 Å². The molecule has 5 aromatic rings. The molecule has 0 unspecified atom stereocenters. The number of rotatable bonds is 15. The van der Waals surface area contributed by atoms with Gasteiger partial charge in [0.15, 0.2) is 0 Å². The summed E-state index contributed by atoms with van der Waals surface area (Å²) in [7, 11) is 1.42. The number of carbonyl (C=O) groups excluding carboxylic acids is 2. The van der Waals surface area contributed by atoms with Gasteiger partial charge in [0.1, 0.15) is 24.7 Å². The van der Waals surface area contributed by atoms with E-state index in [1.807, 2.05) is 117 Å². The van der Waals surface area contributed by atoms with Crippen LogP contribution in [0, 0.1) is 6.92 Å². The van der Waals surface area contributed by atoms with E-state index in [4.69, 9.17) is 18.9 Å². The minimum atomic E-state index is -0.379. The molecule has 8 heteroatoms. The van der Waals surface area contributed by atoms with Crippen molar-refractivity contribution in [1.29, 1.82) is 0 Å². The predicted molar refractivity (Wildman–Crippen MR) is 224 cm³/mol. The Morgan fingerprint density at radius 3 is 1.96 bits per heavy atom. The van der Waals surface area contributed by atoms with Gasteiger partial charge >= 0.3 is 5.97 Å². The van der Waals surface area contributed by atoms with Crippen molar-refractivity contribution >= 4 is 23.3 Å². The van der Waals surface area contributed by atoms with Crippen LogP contribution in [0.25, 0.3) is 11.1 Å². The molecule has 1 amide bonds. The van der Waals surface area contributed by atoms with Crippen LogP contribution in [0.5, 0.6) is 11.5 Å². The van der Waals surface area contributed by atoms with Gasteiger partial charge in [-0.05, 0) is 103 Å². The third kappa shape index (κ3) is 9.25. The normalized spacial score (nSPS) is 13.0. The summed E-state index contributed by atoms with van der Waals surface area (Å²) in [5, 5.41) is 0. The second-order valence-electron chi connectivity index (χ2n) is 14.5. The number of nitrogens with zero attached hydrogens (tertiary/aromatic N) is 2. The number of anilines is 2. The summed E-state index contributed by atoms with van der Waals surface area (Å²) in [6, 6.07) is 36.1. The molecule has 0 aromatic heterocycles. The Morgan fingerprint density at radius 2 is 1.38 bits per heavy atom. The fourth-order valence-corrected chi connectivity index (χ4v) is 7.46. The number of methoxy groups -OCH3 is 1. The summed E-state index contributed by atoms with van der Waals surface area (Å²) < 4.78 is 23.8. The Hall–Kier alpha value is -5.60. The summed E-state index contributed by atoms with van der Waals surface area (Å²) >= 11 is 0. The molecule has 1 aliphatic rings. The van der Waals surface area contributed by atoms with Crippen LogP contribution in [0.2, 0.25) is 0 Å². The lowest BCUT2D eigenvalue weighted by molar-refractivity contribution is 0.0599. The number of hydrogen-bond donors (Lipinski definition) is 0. The highest BCUT2D eigenvalue weighted by Crippen LogP contribution is 2.38. The number of carbonyl (C=O) groups is 2. The highest BCUT2D eigenvalue weighted by molar-refractivity contribution is 6.08. The summed E-state index contributed by atoms with van der Waals surface area (Å²) in [6.07, 6.45) is 1.84. The number of ether oxygens (including phenoxy) is 4. The van der Waals surface area contributed by atoms with Gasteiger partial charge in [-0.2, -0.15) is 0 Å². The summed E-state index contributed by atoms with van der Waals surface area (Å²) in [5.74, 6) is 0.667. The Kier molecular flexibility index (Phi) is 13.5. The molecular formula is C48H54N2O6. The molecular weight excluding hydrogens is 701 g/mol. The van der Waals surface area contributed by atoms with E-state index in [0.717, 1.165) is 64.1 Å². The monoisotopic (exact) mass is 754 g/mol. The molecule has 0 spiro atoms. The van der Waals surface area contributed by atoms with E-state index in [-0.39, 0.29) is 17.8 Å². The van der Waals surface area contributed by atoms with Gasteiger partial charge in [0.05, 0.1) is 18.2 Å². The van der Waals surface area contributed by atoms with E-state index in [9.17, 15) is 9.59 Å². The quantitative estimate of drug-likeness (QED) is 0.0985. The molecule has 6 rings (SSSR count). The third-order valence-corrected chi connectivity index (χ3v) is 10.6. The molecule has 5 aromatic carbocycles. The van der Waals surface area contributed by atoms with E-state index >= 15 is 0 Å². The summed E-state index contributed by atoms with van der Waals surface area (Å²) in [5.41, 5.74) is 8.33. The fraction of sp³-hybridized carbons (Fsp3) is 0.333. The lowest BCUT2D eigenvalue weighted by atomic mass is 9.95. The molecule has 292 valence electrons. The molecule has 8 nitrogen and oxygen atoms in total. The number of esters is 1. The molecule has 1 fully saturated rings. The molecule has 1 saturated heterocycles. The SMILES string of the molecule is CCN(C(=O)c1cc(C(C)C)c(OCc2ccccc2)cc1OCc1ccccc1)c1cccc(-c2cc(C(=O)OC)c(C)c(N(CC)C3CCOCC3)c2)c1. The maximum absolute atomic E-state index is 14.8. The van der Waals surface area contributed by atoms with Gasteiger partial charge in [0, 0.05) is 49.8 Å². The van der Waals surface area contributed by atoms with Gasteiger partial charge in [-0.1, -0.05) is 86.6 Å². The van der Waals surface area contributed by atoms with Gasteiger partial charge < -0.3 is 28.7 Å². The average molecular weight is 755 g/mol. The maximum Gasteiger partial charge on any atom is 0.338 e. The van der Waals surface area contributed by atoms with Crippen LogP contribution in [0.15, 0.2) is 109 Å². The largest absolute Gasteiger partial charge is 0.488 e. The van der Waals surface area contributed by atoms with Crippen molar-refractivity contribution in [1.82, 2.24) is 0 Å². The molecule has 1 heterocycles. The zero-order valence-corrected chi connectivity index (χ0v) is 33.5. The summed E-state index contributed by atoms with van der Waals surface area (Å²) in [6.45, 7) is 13.6. The van der Waals surface area contributed by atoms with Crippen molar-refractivity contribution in [3.8, 4) is 22.6 Å². The fourth-order valence-electron chi connectivity index (χ4n) is 7.46. The van der Waals surface area contributed by atoms with Crippen LogP contribution < -0.4 is 19.3 Å². The van der Waals surface area contributed by atoms with Gasteiger partial charge in [-0.25, -0.2) is 4.79 Å². The van der Waals surface area contributed by atoms with Crippen LogP contribution in [0.1, 0.15) is 89.4 Å². The first kappa shape index (κ1) is 40.1.